The van der Waals surface area contributed by atoms with Crippen LogP contribution in [-0.2, 0) is 10.6 Å². The summed E-state index contributed by atoms with van der Waals surface area (Å²) in [5, 5.41) is 0. The van der Waals surface area contributed by atoms with E-state index in [2.05, 4.69) is 37.9 Å². The van der Waals surface area contributed by atoms with Gasteiger partial charge in [-0.05, 0) is 36.5 Å². The second-order valence-electron chi connectivity index (χ2n) is 5.56. The van der Waals surface area contributed by atoms with Crippen molar-refractivity contribution in [3.63, 3.8) is 0 Å². The molecule has 0 aromatic carbocycles. The Bertz CT molecular complexity index is 417. The minimum Gasteiger partial charge on any atom is -0.376 e. The van der Waals surface area contributed by atoms with Crippen LogP contribution in [0.15, 0.2) is 12.1 Å². The number of hydrogen-bond donors (Lipinski definition) is 0. The molecule has 0 amide bonds. The van der Waals surface area contributed by atoms with Crippen LogP contribution in [0.3, 0.4) is 0 Å². The number of pyridine rings is 1. The highest BCUT2D eigenvalue weighted by atomic mass is 35.5. The summed E-state index contributed by atoms with van der Waals surface area (Å²) in [5.74, 6) is 1.94. The predicted octanol–water partition coefficient (Wildman–Crippen LogP) is 3.56. The van der Waals surface area contributed by atoms with Gasteiger partial charge in [-0.2, -0.15) is 0 Å². The molecule has 19 heavy (non-hydrogen) atoms. The number of hydrogen-bond acceptors (Lipinski definition) is 3. The van der Waals surface area contributed by atoms with Crippen LogP contribution in [0.2, 0.25) is 0 Å². The zero-order valence-electron chi connectivity index (χ0n) is 12.0. The van der Waals surface area contributed by atoms with Crippen molar-refractivity contribution in [1.29, 1.82) is 0 Å². The average molecular weight is 283 g/mol. The number of rotatable bonds is 5. The van der Waals surface area contributed by atoms with E-state index >= 15 is 0 Å². The molecule has 1 aromatic heterocycles. The fourth-order valence-electron chi connectivity index (χ4n) is 2.35. The number of aromatic nitrogens is 1. The zero-order chi connectivity index (χ0) is 13.8. The molecule has 1 atom stereocenters. The quantitative estimate of drug-likeness (QED) is 0.772. The van der Waals surface area contributed by atoms with E-state index < -0.39 is 0 Å². The predicted molar refractivity (Wildman–Crippen MR) is 80.1 cm³/mol. The maximum Gasteiger partial charge on any atom is 0.128 e. The Morgan fingerprint density at radius 3 is 2.84 bits per heavy atom. The van der Waals surface area contributed by atoms with E-state index in [1.807, 2.05) is 0 Å². The van der Waals surface area contributed by atoms with Gasteiger partial charge in [-0.1, -0.05) is 13.8 Å². The summed E-state index contributed by atoms with van der Waals surface area (Å²) < 4.78 is 5.68. The van der Waals surface area contributed by atoms with Crippen LogP contribution in [0.5, 0.6) is 0 Å². The molecule has 1 saturated heterocycles. The second kappa shape index (κ2) is 6.58. The minimum atomic E-state index is 0.342. The summed E-state index contributed by atoms with van der Waals surface area (Å²) in [6.45, 7) is 6.11. The third kappa shape index (κ3) is 3.83. The summed E-state index contributed by atoms with van der Waals surface area (Å²) in [6.07, 6.45) is 2.66. The number of likely N-dealkylation sites (N-methyl/N-ethyl adjacent to an activating group) is 1. The van der Waals surface area contributed by atoms with Crippen LogP contribution in [0, 0.1) is 0 Å². The van der Waals surface area contributed by atoms with Crippen LogP contribution < -0.4 is 4.90 Å². The summed E-state index contributed by atoms with van der Waals surface area (Å²) in [6, 6.07) is 4.18. The molecule has 1 unspecified atom stereocenters. The third-order valence-electron chi connectivity index (χ3n) is 3.53. The Kier molecular flexibility index (Phi) is 5.06. The summed E-state index contributed by atoms with van der Waals surface area (Å²) in [4.78, 5) is 6.91. The van der Waals surface area contributed by atoms with E-state index in [1.165, 1.54) is 6.42 Å². The number of halogens is 1. The Balaban J connectivity index is 2.14. The van der Waals surface area contributed by atoms with Gasteiger partial charge in [-0.25, -0.2) is 4.98 Å². The minimum absolute atomic E-state index is 0.342. The van der Waals surface area contributed by atoms with Gasteiger partial charge in [0.15, 0.2) is 0 Å². The maximum absolute atomic E-state index is 5.98. The molecule has 0 N–H and O–H groups in total. The lowest BCUT2D eigenvalue weighted by atomic mass is 10.1. The van der Waals surface area contributed by atoms with Gasteiger partial charge in [-0.15, -0.1) is 11.6 Å². The first-order chi connectivity index (χ1) is 9.10. The third-order valence-corrected chi connectivity index (χ3v) is 3.84. The van der Waals surface area contributed by atoms with Gasteiger partial charge in [0.1, 0.15) is 5.82 Å². The van der Waals surface area contributed by atoms with Crippen molar-refractivity contribution in [3.8, 4) is 0 Å². The first-order valence-corrected chi connectivity index (χ1v) is 7.53. The largest absolute Gasteiger partial charge is 0.376 e. The van der Waals surface area contributed by atoms with Crippen molar-refractivity contribution in [1.82, 2.24) is 4.98 Å². The van der Waals surface area contributed by atoms with Gasteiger partial charge in [0.05, 0.1) is 6.10 Å². The average Bonchev–Trinajstić information content (AvgIpc) is 2.90. The lowest BCUT2D eigenvalue weighted by Crippen LogP contribution is -2.29. The monoisotopic (exact) mass is 282 g/mol. The highest BCUT2D eigenvalue weighted by Gasteiger charge is 2.18. The fraction of sp³-hybridized carbons (Fsp3) is 0.667. The molecule has 0 saturated carbocycles. The molecule has 1 aliphatic heterocycles. The van der Waals surface area contributed by atoms with Crippen molar-refractivity contribution in [2.24, 2.45) is 0 Å². The Hall–Kier alpha value is -0.800. The van der Waals surface area contributed by atoms with Gasteiger partial charge < -0.3 is 9.64 Å². The highest BCUT2D eigenvalue weighted by molar-refractivity contribution is 6.17. The number of alkyl halides is 1. The molecule has 0 aliphatic carbocycles. The lowest BCUT2D eigenvalue weighted by molar-refractivity contribution is 0.116. The molecular formula is C15H23ClN2O. The summed E-state index contributed by atoms with van der Waals surface area (Å²) in [7, 11) is 2.08. The number of ether oxygens (including phenoxy) is 1. The van der Waals surface area contributed by atoms with E-state index in [1.54, 1.807) is 0 Å². The van der Waals surface area contributed by atoms with Crippen molar-refractivity contribution in [3.05, 3.63) is 23.4 Å². The molecule has 3 nitrogen and oxygen atoms in total. The number of nitrogens with zero attached hydrogens (tertiary/aromatic N) is 2. The molecule has 0 bridgehead atoms. The van der Waals surface area contributed by atoms with Gasteiger partial charge in [0, 0.05) is 31.8 Å². The topological polar surface area (TPSA) is 25.4 Å². The maximum atomic E-state index is 5.98. The smallest absolute Gasteiger partial charge is 0.128 e. The lowest BCUT2D eigenvalue weighted by Gasteiger charge is -2.23. The first-order valence-electron chi connectivity index (χ1n) is 6.99. The molecule has 1 aliphatic rings. The van der Waals surface area contributed by atoms with Crippen LogP contribution >= 0.6 is 11.6 Å². The van der Waals surface area contributed by atoms with Crippen molar-refractivity contribution in [2.75, 3.05) is 25.1 Å². The molecule has 0 radical (unpaired) electrons. The normalized spacial score (nSPS) is 19.1. The molecule has 2 heterocycles. The van der Waals surface area contributed by atoms with Crippen LogP contribution in [0.4, 0.5) is 5.82 Å². The molecule has 4 heteroatoms. The zero-order valence-corrected chi connectivity index (χ0v) is 12.8. The number of anilines is 1. The van der Waals surface area contributed by atoms with E-state index in [0.29, 0.717) is 17.9 Å². The second-order valence-corrected chi connectivity index (χ2v) is 5.83. The van der Waals surface area contributed by atoms with Gasteiger partial charge >= 0.3 is 0 Å². The molecule has 2 rings (SSSR count). The van der Waals surface area contributed by atoms with Crippen LogP contribution in [0.25, 0.3) is 0 Å². The van der Waals surface area contributed by atoms with Crippen LogP contribution in [0.1, 0.15) is 43.9 Å². The van der Waals surface area contributed by atoms with E-state index in [0.717, 1.165) is 36.6 Å². The Morgan fingerprint density at radius 2 is 2.26 bits per heavy atom. The van der Waals surface area contributed by atoms with Gasteiger partial charge in [-0.3, -0.25) is 0 Å². The highest BCUT2D eigenvalue weighted by Crippen LogP contribution is 2.22. The van der Waals surface area contributed by atoms with E-state index in [9.17, 15) is 0 Å². The van der Waals surface area contributed by atoms with Crippen molar-refractivity contribution < 1.29 is 4.74 Å². The summed E-state index contributed by atoms with van der Waals surface area (Å²) >= 11 is 5.98. The Morgan fingerprint density at radius 1 is 1.47 bits per heavy atom. The molecule has 0 spiro atoms. The molecular weight excluding hydrogens is 260 g/mol. The molecule has 1 aromatic rings. The SMILES string of the molecule is CC(C)c1cc(CCl)cc(N(C)CC2CCCO2)n1. The molecule has 106 valence electrons. The van der Waals surface area contributed by atoms with Crippen LogP contribution in [-0.4, -0.2) is 31.3 Å². The summed E-state index contributed by atoms with van der Waals surface area (Å²) in [5.41, 5.74) is 2.24. The van der Waals surface area contributed by atoms with Crippen molar-refractivity contribution in [2.45, 2.75) is 44.6 Å². The van der Waals surface area contributed by atoms with E-state index in [4.69, 9.17) is 21.3 Å². The standard InChI is InChI=1S/C15H23ClN2O/c1-11(2)14-7-12(9-16)8-15(17-14)18(3)10-13-5-4-6-19-13/h7-8,11,13H,4-6,9-10H2,1-3H3. The first kappa shape index (κ1) is 14.6. The van der Waals surface area contributed by atoms with Gasteiger partial charge in [0.2, 0.25) is 0 Å². The van der Waals surface area contributed by atoms with Gasteiger partial charge in [0.25, 0.3) is 0 Å². The Labute approximate surface area is 120 Å². The van der Waals surface area contributed by atoms with E-state index in [-0.39, 0.29) is 0 Å². The fourth-order valence-corrected chi connectivity index (χ4v) is 2.50. The molecule has 1 fully saturated rings. The van der Waals surface area contributed by atoms with Crippen molar-refractivity contribution >= 4 is 17.4 Å².